The Bertz CT molecular complexity index is 295. The first kappa shape index (κ1) is 15.9. The van der Waals surface area contributed by atoms with Crippen molar-refractivity contribution in [2.45, 2.75) is 44.6 Å². The standard InChI is InChI=1S/C14H24O2Si/c1-5-8-12(13(15)16)11-17-14(4,9-6-2)10-7-3/h6-7,11H,2-3,5,8-10,17H2,1,4H3,(H,15,16). The molecule has 0 amide bonds. The summed E-state index contributed by atoms with van der Waals surface area (Å²) >= 11 is 0. The highest BCUT2D eigenvalue weighted by Crippen LogP contribution is 2.34. The maximum absolute atomic E-state index is 11.0. The second kappa shape index (κ2) is 8.07. The number of hydrogen-bond acceptors (Lipinski definition) is 1. The zero-order valence-corrected chi connectivity index (χ0v) is 12.5. The first-order valence-electron chi connectivity index (χ1n) is 6.13. The van der Waals surface area contributed by atoms with Gasteiger partial charge >= 0.3 is 5.97 Å². The minimum absolute atomic E-state index is 0.179. The molecule has 1 N–H and O–H groups in total. The number of carboxylic acid groups (broad SMARTS) is 1. The summed E-state index contributed by atoms with van der Waals surface area (Å²) in [7, 11) is -0.589. The second-order valence-electron chi connectivity index (χ2n) is 4.78. The molecule has 17 heavy (non-hydrogen) atoms. The van der Waals surface area contributed by atoms with E-state index in [1.54, 1.807) is 0 Å². The van der Waals surface area contributed by atoms with Crippen molar-refractivity contribution in [1.29, 1.82) is 0 Å². The summed E-state index contributed by atoms with van der Waals surface area (Å²) in [5.41, 5.74) is 2.58. The third-order valence-corrected chi connectivity index (χ3v) is 5.17. The van der Waals surface area contributed by atoms with Crippen LogP contribution in [0.5, 0.6) is 0 Å². The number of hydrogen-bond donors (Lipinski definition) is 1. The first-order valence-corrected chi connectivity index (χ1v) is 7.65. The SMILES string of the molecule is C=CCC(C)(CC=C)[SiH2]C=C(CCC)C(=O)O. The van der Waals surface area contributed by atoms with Crippen molar-refractivity contribution in [2.24, 2.45) is 0 Å². The molecule has 0 bridgehead atoms. The van der Waals surface area contributed by atoms with Crippen molar-refractivity contribution >= 4 is 15.5 Å². The molecular weight excluding hydrogens is 228 g/mol. The quantitative estimate of drug-likeness (QED) is 0.388. The van der Waals surface area contributed by atoms with E-state index in [1.807, 2.05) is 24.8 Å². The van der Waals surface area contributed by atoms with Crippen molar-refractivity contribution in [3.8, 4) is 0 Å². The van der Waals surface area contributed by atoms with E-state index in [0.29, 0.717) is 12.0 Å². The van der Waals surface area contributed by atoms with Crippen LogP contribution in [0.4, 0.5) is 0 Å². The van der Waals surface area contributed by atoms with E-state index in [-0.39, 0.29) is 5.04 Å². The van der Waals surface area contributed by atoms with Crippen molar-refractivity contribution in [2.75, 3.05) is 0 Å². The van der Waals surface area contributed by atoms with E-state index in [0.717, 1.165) is 19.3 Å². The first-order chi connectivity index (χ1) is 7.99. The van der Waals surface area contributed by atoms with Gasteiger partial charge in [0.15, 0.2) is 0 Å². The zero-order chi connectivity index (χ0) is 13.3. The van der Waals surface area contributed by atoms with Crippen LogP contribution in [0.3, 0.4) is 0 Å². The van der Waals surface area contributed by atoms with Gasteiger partial charge in [-0.2, -0.15) is 0 Å². The highest BCUT2D eigenvalue weighted by atomic mass is 28.2. The third kappa shape index (κ3) is 6.27. The van der Waals surface area contributed by atoms with Gasteiger partial charge in [0.25, 0.3) is 0 Å². The van der Waals surface area contributed by atoms with Crippen LogP contribution in [-0.2, 0) is 4.79 Å². The molecule has 0 saturated heterocycles. The van der Waals surface area contributed by atoms with Crippen LogP contribution >= 0.6 is 0 Å². The predicted molar refractivity (Wildman–Crippen MR) is 77.2 cm³/mol. The van der Waals surface area contributed by atoms with Gasteiger partial charge in [-0.3, -0.25) is 0 Å². The average molecular weight is 252 g/mol. The van der Waals surface area contributed by atoms with Crippen LogP contribution in [0.2, 0.25) is 5.04 Å². The molecule has 0 radical (unpaired) electrons. The minimum Gasteiger partial charge on any atom is -0.478 e. The normalized spacial score (nSPS) is 12.9. The molecule has 0 aromatic carbocycles. The Balaban J connectivity index is 4.73. The smallest absolute Gasteiger partial charge is 0.330 e. The van der Waals surface area contributed by atoms with Crippen LogP contribution in [0.15, 0.2) is 36.6 Å². The molecule has 0 spiro atoms. The molecule has 0 aliphatic heterocycles. The van der Waals surface area contributed by atoms with Gasteiger partial charge in [0.1, 0.15) is 0 Å². The van der Waals surface area contributed by atoms with Gasteiger partial charge < -0.3 is 5.11 Å². The number of allylic oxidation sites excluding steroid dienone is 2. The lowest BCUT2D eigenvalue weighted by atomic mass is 10.0. The van der Waals surface area contributed by atoms with Gasteiger partial charge in [-0.25, -0.2) is 4.79 Å². The molecule has 0 aromatic rings. The van der Waals surface area contributed by atoms with Gasteiger partial charge in [0.2, 0.25) is 0 Å². The van der Waals surface area contributed by atoms with Crippen molar-refractivity contribution in [1.82, 2.24) is 0 Å². The fourth-order valence-electron chi connectivity index (χ4n) is 1.88. The number of carboxylic acids is 1. The van der Waals surface area contributed by atoms with Gasteiger partial charge in [0.05, 0.1) is 9.52 Å². The monoisotopic (exact) mass is 252 g/mol. The Morgan fingerprint density at radius 3 is 2.24 bits per heavy atom. The lowest BCUT2D eigenvalue weighted by Crippen LogP contribution is -2.16. The van der Waals surface area contributed by atoms with E-state index in [2.05, 4.69) is 20.1 Å². The van der Waals surface area contributed by atoms with Crippen LogP contribution in [0, 0.1) is 0 Å². The Labute approximate surface area is 107 Å². The molecule has 0 rings (SSSR count). The van der Waals surface area contributed by atoms with E-state index in [4.69, 9.17) is 5.11 Å². The molecule has 3 heteroatoms. The Hall–Kier alpha value is -1.09. The minimum atomic E-state index is -0.765. The molecule has 0 aromatic heterocycles. The zero-order valence-electron chi connectivity index (χ0n) is 11.0. The molecule has 0 aliphatic rings. The number of aliphatic carboxylic acids is 1. The summed E-state index contributed by atoms with van der Waals surface area (Å²) in [5.74, 6) is -0.765. The summed E-state index contributed by atoms with van der Waals surface area (Å²) in [5, 5.41) is 9.25. The summed E-state index contributed by atoms with van der Waals surface area (Å²) in [6.07, 6.45) is 7.25. The fraction of sp³-hybridized carbons (Fsp3) is 0.500. The number of carbonyl (C=O) groups is 1. The molecule has 0 heterocycles. The lowest BCUT2D eigenvalue weighted by Gasteiger charge is -2.25. The third-order valence-electron chi connectivity index (χ3n) is 2.91. The molecule has 2 nitrogen and oxygen atoms in total. The van der Waals surface area contributed by atoms with Crippen LogP contribution in [0.25, 0.3) is 0 Å². The van der Waals surface area contributed by atoms with Gasteiger partial charge in [-0.15, -0.1) is 13.2 Å². The van der Waals surface area contributed by atoms with Crippen LogP contribution in [0.1, 0.15) is 39.5 Å². The van der Waals surface area contributed by atoms with E-state index < -0.39 is 15.5 Å². The van der Waals surface area contributed by atoms with E-state index >= 15 is 0 Å². The topological polar surface area (TPSA) is 37.3 Å². The Morgan fingerprint density at radius 2 is 1.88 bits per heavy atom. The number of rotatable bonds is 9. The molecule has 0 fully saturated rings. The summed E-state index contributed by atoms with van der Waals surface area (Å²) in [6, 6.07) is 0. The van der Waals surface area contributed by atoms with Gasteiger partial charge in [0, 0.05) is 5.57 Å². The molecule has 0 saturated carbocycles. The maximum atomic E-state index is 11.0. The van der Waals surface area contributed by atoms with Gasteiger partial charge in [-0.1, -0.05) is 38.1 Å². The molecular formula is C14H24O2Si. The average Bonchev–Trinajstić information content (AvgIpc) is 2.24. The van der Waals surface area contributed by atoms with Crippen molar-refractivity contribution in [3.05, 3.63) is 36.6 Å². The van der Waals surface area contributed by atoms with E-state index in [1.165, 1.54) is 0 Å². The van der Waals surface area contributed by atoms with Crippen molar-refractivity contribution < 1.29 is 9.90 Å². The van der Waals surface area contributed by atoms with Gasteiger partial charge in [-0.05, 0) is 24.3 Å². The summed E-state index contributed by atoms with van der Waals surface area (Å²) < 4.78 is 0. The highest BCUT2D eigenvalue weighted by molar-refractivity contribution is 6.47. The summed E-state index contributed by atoms with van der Waals surface area (Å²) in [6.45, 7) is 11.8. The summed E-state index contributed by atoms with van der Waals surface area (Å²) in [4.78, 5) is 11.0. The Kier molecular flexibility index (Phi) is 7.55. The van der Waals surface area contributed by atoms with Crippen LogP contribution < -0.4 is 0 Å². The van der Waals surface area contributed by atoms with Crippen LogP contribution in [-0.4, -0.2) is 20.6 Å². The second-order valence-corrected chi connectivity index (χ2v) is 7.31. The highest BCUT2D eigenvalue weighted by Gasteiger charge is 2.21. The largest absolute Gasteiger partial charge is 0.478 e. The molecule has 0 atom stereocenters. The molecule has 0 unspecified atom stereocenters. The fourth-order valence-corrected chi connectivity index (χ4v) is 3.74. The molecule has 0 aliphatic carbocycles. The lowest BCUT2D eigenvalue weighted by molar-refractivity contribution is -0.132. The van der Waals surface area contributed by atoms with E-state index in [9.17, 15) is 4.79 Å². The molecule has 96 valence electrons. The van der Waals surface area contributed by atoms with Crippen molar-refractivity contribution in [3.63, 3.8) is 0 Å². The maximum Gasteiger partial charge on any atom is 0.330 e. The predicted octanol–water partition coefficient (Wildman–Crippen LogP) is 3.25. The Morgan fingerprint density at radius 1 is 1.35 bits per heavy atom.